The summed E-state index contributed by atoms with van der Waals surface area (Å²) in [6.07, 6.45) is 0. The SMILES string of the molecule is c1ccc(-c2ccc(-c3ccccc3N(c3ccc4c(c3)C3(c5ccccc5-c5ccccc53)c3ccccc3-4)c3ccc4c(c3)C3(c5ccccc5-4)c4ccccc4N(c4ccccc4)c4ccccc43)cc2)cc1. The van der Waals surface area contributed by atoms with Gasteiger partial charge in [0.15, 0.2) is 0 Å². The lowest BCUT2D eigenvalue weighted by Crippen LogP contribution is -2.36. The van der Waals surface area contributed by atoms with Gasteiger partial charge in [-0.25, -0.2) is 0 Å². The molecule has 4 aliphatic rings. The van der Waals surface area contributed by atoms with E-state index in [1.807, 2.05) is 0 Å². The molecule has 16 rings (SSSR count). The fraction of sp³-hybridized carbons (Fsp3) is 0.0270. The van der Waals surface area contributed by atoms with Crippen molar-refractivity contribution in [2.45, 2.75) is 10.8 Å². The Morgan fingerprint density at radius 2 is 0.579 bits per heavy atom. The van der Waals surface area contributed by atoms with E-state index >= 15 is 0 Å². The minimum absolute atomic E-state index is 0.503. The van der Waals surface area contributed by atoms with Crippen molar-refractivity contribution in [3.05, 3.63) is 336 Å². The molecule has 0 atom stereocenters. The normalized spacial score (nSPS) is 14.0. The smallest absolute Gasteiger partial charge is 0.0755 e. The van der Waals surface area contributed by atoms with Gasteiger partial charge >= 0.3 is 0 Å². The average Bonchev–Trinajstić information content (AvgIpc) is 4.25. The summed E-state index contributed by atoms with van der Waals surface area (Å²) in [6, 6.07) is 109. The maximum Gasteiger partial charge on any atom is 0.0755 e. The quantitative estimate of drug-likeness (QED) is 0.164. The number of para-hydroxylation sites is 4. The van der Waals surface area contributed by atoms with Crippen molar-refractivity contribution < 1.29 is 0 Å². The minimum Gasteiger partial charge on any atom is -0.310 e. The van der Waals surface area contributed by atoms with Gasteiger partial charge < -0.3 is 9.80 Å². The second kappa shape index (κ2) is 16.4. The van der Waals surface area contributed by atoms with E-state index in [4.69, 9.17) is 0 Å². The molecule has 0 bridgehead atoms. The highest BCUT2D eigenvalue weighted by molar-refractivity contribution is 6.00. The van der Waals surface area contributed by atoms with Gasteiger partial charge in [0.05, 0.1) is 27.9 Å². The minimum atomic E-state index is -0.625. The first-order valence-corrected chi connectivity index (χ1v) is 26.5. The van der Waals surface area contributed by atoms with E-state index in [0.29, 0.717) is 0 Å². The van der Waals surface area contributed by atoms with Crippen molar-refractivity contribution in [2.24, 2.45) is 0 Å². The lowest BCUT2D eigenvalue weighted by atomic mass is 9.64. The first-order chi connectivity index (χ1) is 37.7. The molecule has 0 saturated heterocycles. The number of rotatable bonds is 6. The van der Waals surface area contributed by atoms with E-state index in [-0.39, 0.29) is 0 Å². The van der Waals surface area contributed by atoms with Crippen molar-refractivity contribution in [1.29, 1.82) is 0 Å². The van der Waals surface area contributed by atoms with E-state index in [2.05, 4.69) is 301 Å². The van der Waals surface area contributed by atoms with Crippen LogP contribution in [-0.2, 0) is 10.8 Å². The number of hydrogen-bond donors (Lipinski definition) is 0. The molecule has 1 aliphatic heterocycles. The van der Waals surface area contributed by atoms with Crippen LogP contribution in [0.3, 0.4) is 0 Å². The maximum absolute atomic E-state index is 2.55. The van der Waals surface area contributed by atoms with Crippen LogP contribution in [0.1, 0.15) is 44.5 Å². The van der Waals surface area contributed by atoms with Gasteiger partial charge in [-0.1, -0.05) is 237 Å². The molecule has 0 saturated carbocycles. The molecule has 0 radical (unpaired) electrons. The molecule has 12 aromatic rings. The molecule has 0 N–H and O–H groups in total. The van der Waals surface area contributed by atoms with Crippen molar-refractivity contribution >= 4 is 34.1 Å². The van der Waals surface area contributed by atoms with Crippen LogP contribution >= 0.6 is 0 Å². The fourth-order valence-corrected chi connectivity index (χ4v) is 14.1. The van der Waals surface area contributed by atoms with Gasteiger partial charge in [-0.05, 0) is 149 Å². The zero-order valence-corrected chi connectivity index (χ0v) is 41.6. The van der Waals surface area contributed by atoms with E-state index in [1.165, 1.54) is 100 Å². The van der Waals surface area contributed by atoms with E-state index in [1.54, 1.807) is 0 Å². The number of fused-ring (bicyclic) bond motifs is 19. The van der Waals surface area contributed by atoms with Gasteiger partial charge in [-0.2, -0.15) is 0 Å². The molecule has 2 nitrogen and oxygen atoms in total. The Balaban J connectivity index is 0.969. The van der Waals surface area contributed by atoms with Crippen molar-refractivity contribution in [1.82, 2.24) is 0 Å². The molecule has 12 aromatic carbocycles. The van der Waals surface area contributed by atoms with E-state index < -0.39 is 10.8 Å². The number of benzene rings is 12. The van der Waals surface area contributed by atoms with E-state index in [0.717, 1.165) is 33.9 Å². The van der Waals surface area contributed by atoms with Crippen LogP contribution in [0.25, 0.3) is 55.6 Å². The third-order valence-electron chi connectivity index (χ3n) is 17.1. The van der Waals surface area contributed by atoms with Crippen LogP contribution in [0.2, 0.25) is 0 Å². The molecule has 2 heteroatoms. The summed E-state index contributed by atoms with van der Waals surface area (Å²) < 4.78 is 0. The highest BCUT2D eigenvalue weighted by Gasteiger charge is 2.53. The highest BCUT2D eigenvalue weighted by Crippen LogP contribution is 2.66. The molecule has 1 heterocycles. The Bertz CT molecular complexity index is 4190. The van der Waals surface area contributed by atoms with Crippen LogP contribution in [0.5, 0.6) is 0 Å². The first kappa shape index (κ1) is 42.7. The van der Waals surface area contributed by atoms with Crippen LogP contribution < -0.4 is 9.80 Å². The second-order valence-corrected chi connectivity index (χ2v) is 20.6. The summed E-state index contributed by atoms with van der Waals surface area (Å²) in [5, 5.41) is 0. The summed E-state index contributed by atoms with van der Waals surface area (Å²) >= 11 is 0. The molecule has 0 unspecified atom stereocenters. The summed E-state index contributed by atoms with van der Waals surface area (Å²) in [6.45, 7) is 0. The zero-order chi connectivity index (χ0) is 50.0. The van der Waals surface area contributed by atoms with Gasteiger partial charge in [0.1, 0.15) is 0 Å². The van der Waals surface area contributed by atoms with Gasteiger partial charge in [0.2, 0.25) is 0 Å². The Kier molecular flexibility index (Phi) is 9.20. The molecule has 3 aliphatic carbocycles. The predicted octanol–water partition coefficient (Wildman–Crippen LogP) is 19.0. The van der Waals surface area contributed by atoms with Gasteiger partial charge in [0.25, 0.3) is 0 Å². The Hall–Kier alpha value is -9.76. The van der Waals surface area contributed by atoms with Gasteiger partial charge in [-0.3, -0.25) is 0 Å². The third-order valence-corrected chi connectivity index (χ3v) is 17.1. The molecule has 76 heavy (non-hydrogen) atoms. The summed E-state index contributed by atoms with van der Waals surface area (Å²) in [5.41, 5.74) is 28.5. The predicted molar refractivity (Wildman–Crippen MR) is 314 cm³/mol. The highest BCUT2D eigenvalue weighted by atomic mass is 15.2. The summed E-state index contributed by atoms with van der Waals surface area (Å²) in [7, 11) is 0. The lowest BCUT2D eigenvalue weighted by Gasteiger charge is -2.45. The molecule has 0 fully saturated rings. The maximum atomic E-state index is 2.55. The molecule has 0 aromatic heterocycles. The molecular weight excluding hydrogens is 917 g/mol. The van der Waals surface area contributed by atoms with Crippen LogP contribution in [0.4, 0.5) is 34.1 Å². The number of anilines is 6. The fourth-order valence-electron chi connectivity index (χ4n) is 14.1. The number of hydrogen-bond acceptors (Lipinski definition) is 2. The van der Waals surface area contributed by atoms with Gasteiger partial charge in [0, 0.05) is 22.6 Å². The topological polar surface area (TPSA) is 6.48 Å². The zero-order valence-electron chi connectivity index (χ0n) is 41.6. The van der Waals surface area contributed by atoms with Gasteiger partial charge in [-0.15, -0.1) is 0 Å². The number of nitrogens with zero attached hydrogens (tertiary/aromatic N) is 2. The Morgan fingerprint density at radius 1 is 0.237 bits per heavy atom. The van der Waals surface area contributed by atoms with Crippen LogP contribution in [0.15, 0.2) is 291 Å². The monoisotopic (exact) mass is 964 g/mol. The average molecular weight is 965 g/mol. The Labute approximate surface area is 443 Å². The molecule has 2 spiro atoms. The molecule has 354 valence electrons. The first-order valence-electron chi connectivity index (χ1n) is 26.5. The lowest BCUT2D eigenvalue weighted by molar-refractivity contribution is 0.752. The molecular formula is C74H48N2. The standard InChI is InChI=1S/C74H48N2/c1-3-21-49(22-4-1)50-39-41-51(42-40-50)55-25-11-18-36-70(55)75(53-43-45-60-58-28-9-14-32-64(58)73(68(60)47-53)62-30-12-7-26-56(62)57-27-8-13-31-63(57)73)54-44-46-61-59-29-10-15-33-65(59)74(69(61)48-54)66-34-16-19-37-71(66)76(52-23-5-2-6-24-52)72-38-20-17-35-67(72)74/h1-48H. The largest absolute Gasteiger partial charge is 0.310 e. The van der Waals surface area contributed by atoms with Crippen molar-refractivity contribution in [2.75, 3.05) is 9.80 Å². The van der Waals surface area contributed by atoms with Crippen molar-refractivity contribution in [3.8, 4) is 55.6 Å². The van der Waals surface area contributed by atoms with Crippen LogP contribution in [0, 0.1) is 0 Å². The van der Waals surface area contributed by atoms with Crippen molar-refractivity contribution in [3.63, 3.8) is 0 Å². The molecule has 0 amide bonds. The van der Waals surface area contributed by atoms with E-state index in [9.17, 15) is 0 Å². The third kappa shape index (κ3) is 5.76. The second-order valence-electron chi connectivity index (χ2n) is 20.6. The summed E-state index contributed by atoms with van der Waals surface area (Å²) in [4.78, 5) is 5.02. The van der Waals surface area contributed by atoms with Crippen LogP contribution in [-0.4, -0.2) is 0 Å². The summed E-state index contributed by atoms with van der Waals surface area (Å²) in [5.74, 6) is 0. The Morgan fingerprint density at radius 3 is 1.07 bits per heavy atom.